The van der Waals surface area contributed by atoms with Crippen molar-refractivity contribution in [3.8, 4) is 6.07 Å². The molecular formula is C9H8FN. The fourth-order valence-electron chi connectivity index (χ4n) is 0.881. The predicted molar refractivity (Wildman–Crippen MR) is 40.5 cm³/mol. The summed E-state index contributed by atoms with van der Waals surface area (Å²) in [4.78, 5) is 0. The predicted octanol–water partition coefficient (Wildman–Crippen LogP) is 2.20. The van der Waals surface area contributed by atoms with Gasteiger partial charge in [-0.15, -0.1) is 0 Å². The molecule has 0 saturated carbocycles. The lowest BCUT2D eigenvalue weighted by Crippen LogP contribution is -1.88. The van der Waals surface area contributed by atoms with E-state index in [1.165, 1.54) is 6.07 Å². The summed E-state index contributed by atoms with van der Waals surface area (Å²) in [7, 11) is 0. The van der Waals surface area contributed by atoms with Gasteiger partial charge in [-0.25, -0.2) is 4.39 Å². The van der Waals surface area contributed by atoms with Gasteiger partial charge in [-0.05, 0) is 18.6 Å². The summed E-state index contributed by atoms with van der Waals surface area (Å²) >= 11 is 0. The van der Waals surface area contributed by atoms with Gasteiger partial charge >= 0.3 is 0 Å². The van der Waals surface area contributed by atoms with Gasteiger partial charge in [0, 0.05) is 5.56 Å². The van der Waals surface area contributed by atoms with Crippen molar-refractivity contribution < 1.29 is 4.39 Å². The van der Waals surface area contributed by atoms with Gasteiger partial charge in [0.15, 0.2) is 0 Å². The standard InChI is InChI=1S/C9H8FN/c1-7-2-3-8(4-5-11)9(10)6-7/h2-3,6H,4H2,1H3. The van der Waals surface area contributed by atoms with Crippen molar-refractivity contribution in [3.05, 3.63) is 35.1 Å². The Balaban J connectivity index is 3.01. The molecule has 0 aliphatic heterocycles. The normalized spacial score (nSPS) is 9.18. The molecule has 1 nitrogen and oxygen atoms in total. The number of halogens is 1. The van der Waals surface area contributed by atoms with Gasteiger partial charge in [0.2, 0.25) is 0 Å². The first-order chi connectivity index (χ1) is 5.24. The van der Waals surface area contributed by atoms with Crippen LogP contribution in [0.3, 0.4) is 0 Å². The number of aryl methyl sites for hydroxylation is 1. The Morgan fingerprint density at radius 1 is 1.55 bits per heavy atom. The Bertz CT molecular complexity index is 299. The molecular weight excluding hydrogens is 141 g/mol. The topological polar surface area (TPSA) is 23.8 Å². The van der Waals surface area contributed by atoms with Crippen LogP contribution in [0, 0.1) is 24.1 Å². The summed E-state index contributed by atoms with van der Waals surface area (Å²) in [6.45, 7) is 1.82. The summed E-state index contributed by atoms with van der Waals surface area (Å²) in [6, 6.07) is 6.79. The number of rotatable bonds is 1. The van der Waals surface area contributed by atoms with E-state index in [9.17, 15) is 4.39 Å². The minimum absolute atomic E-state index is 0.145. The summed E-state index contributed by atoms with van der Waals surface area (Å²) in [5.74, 6) is -0.286. The molecule has 1 aromatic rings. The third-order valence-corrected chi connectivity index (χ3v) is 1.48. The molecule has 0 aromatic heterocycles. The quantitative estimate of drug-likeness (QED) is 0.600. The van der Waals surface area contributed by atoms with Crippen LogP contribution in [-0.2, 0) is 6.42 Å². The Kier molecular flexibility index (Phi) is 2.22. The molecule has 0 atom stereocenters. The van der Waals surface area contributed by atoms with Crippen molar-refractivity contribution in [2.45, 2.75) is 13.3 Å². The molecule has 0 radical (unpaired) electrons. The lowest BCUT2D eigenvalue weighted by Gasteiger charge is -1.97. The van der Waals surface area contributed by atoms with Crippen LogP contribution in [0.15, 0.2) is 18.2 Å². The van der Waals surface area contributed by atoms with Crippen LogP contribution < -0.4 is 0 Å². The maximum Gasteiger partial charge on any atom is 0.127 e. The van der Waals surface area contributed by atoms with Crippen molar-refractivity contribution in [3.63, 3.8) is 0 Å². The maximum absolute atomic E-state index is 12.9. The second kappa shape index (κ2) is 3.16. The van der Waals surface area contributed by atoms with Gasteiger partial charge < -0.3 is 0 Å². The molecule has 2 heteroatoms. The number of nitriles is 1. The van der Waals surface area contributed by atoms with E-state index >= 15 is 0 Å². The highest BCUT2D eigenvalue weighted by molar-refractivity contribution is 5.25. The molecule has 0 bridgehead atoms. The maximum atomic E-state index is 12.9. The summed E-state index contributed by atoms with van der Waals surface area (Å²) < 4.78 is 12.9. The van der Waals surface area contributed by atoms with Crippen molar-refractivity contribution in [1.29, 1.82) is 5.26 Å². The molecule has 11 heavy (non-hydrogen) atoms. The summed E-state index contributed by atoms with van der Waals surface area (Å²) in [5, 5.41) is 8.30. The number of hydrogen-bond acceptors (Lipinski definition) is 1. The van der Waals surface area contributed by atoms with Crippen LogP contribution in [0.2, 0.25) is 0 Å². The second-order valence-corrected chi connectivity index (χ2v) is 2.43. The van der Waals surface area contributed by atoms with Crippen LogP contribution in [0.25, 0.3) is 0 Å². The van der Waals surface area contributed by atoms with Crippen LogP contribution >= 0.6 is 0 Å². The highest BCUT2D eigenvalue weighted by Crippen LogP contribution is 2.09. The molecule has 0 spiro atoms. The Labute approximate surface area is 65.1 Å². The highest BCUT2D eigenvalue weighted by Gasteiger charge is 1.99. The van der Waals surface area contributed by atoms with Gasteiger partial charge in [-0.2, -0.15) is 5.26 Å². The first kappa shape index (κ1) is 7.74. The van der Waals surface area contributed by atoms with Crippen molar-refractivity contribution in [2.24, 2.45) is 0 Å². The SMILES string of the molecule is Cc1ccc(CC#N)c(F)c1. The number of hydrogen-bond donors (Lipinski definition) is 0. The molecule has 0 unspecified atom stereocenters. The molecule has 56 valence electrons. The van der Waals surface area contributed by atoms with Gasteiger partial charge in [-0.3, -0.25) is 0 Å². The average molecular weight is 149 g/mol. The first-order valence-electron chi connectivity index (χ1n) is 3.36. The Hall–Kier alpha value is -1.36. The largest absolute Gasteiger partial charge is 0.207 e. The lowest BCUT2D eigenvalue weighted by atomic mass is 10.1. The van der Waals surface area contributed by atoms with E-state index < -0.39 is 0 Å². The van der Waals surface area contributed by atoms with E-state index in [0.717, 1.165) is 5.56 Å². The van der Waals surface area contributed by atoms with E-state index in [2.05, 4.69) is 0 Å². The second-order valence-electron chi connectivity index (χ2n) is 2.43. The lowest BCUT2D eigenvalue weighted by molar-refractivity contribution is 0.614. The van der Waals surface area contributed by atoms with Crippen LogP contribution in [-0.4, -0.2) is 0 Å². The van der Waals surface area contributed by atoms with Crippen LogP contribution in [0.5, 0.6) is 0 Å². The van der Waals surface area contributed by atoms with Gasteiger partial charge in [0.05, 0.1) is 12.5 Å². The van der Waals surface area contributed by atoms with E-state index in [1.807, 2.05) is 13.0 Å². The molecule has 0 saturated heterocycles. The summed E-state index contributed by atoms with van der Waals surface area (Å²) in [6.07, 6.45) is 0.145. The molecule has 0 N–H and O–H groups in total. The zero-order valence-electron chi connectivity index (χ0n) is 6.26. The smallest absolute Gasteiger partial charge is 0.127 e. The minimum Gasteiger partial charge on any atom is -0.207 e. The molecule has 0 amide bonds. The Morgan fingerprint density at radius 2 is 2.27 bits per heavy atom. The third-order valence-electron chi connectivity index (χ3n) is 1.48. The van der Waals surface area contributed by atoms with Crippen molar-refractivity contribution in [1.82, 2.24) is 0 Å². The minimum atomic E-state index is -0.286. The third kappa shape index (κ3) is 1.78. The molecule has 1 rings (SSSR count). The van der Waals surface area contributed by atoms with Crippen molar-refractivity contribution >= 4 is 0 Å². The van der Waals surface area contributed by atoms with Crippen LogP contribution in [0.1, 0.15) is 11.1 Å². The molecule has 0 fully saturated rings. The van der Waals surface area contributed by atoms with Crippen LogP contribution in [0.4, 0.5) is 4.39 Å². The van der Waals surface area contributed by atoms with Gasteiger partial charge in [0.1, 0.15) is 5.82 Å². The molecule has 1 aromatic carbocycles. The van der Waals surface area contributed by atoms with E-state index in [1.54, 1.807) is 12.1 Å². The zero-order chi connectivity index (χ0) is 8.27. The van der Waals surface area contributed by atoms with E-state index in [4.69, 9.17) is 5.26 Å². The van der Waals surface area contributed by atoms with E-state index in [-0.39, 0.29) is 12.2 Å². The highest BCUT2D eigenvalue weighted by atomic mass is 19.1. The molecule has 0 aliphatic carbocycles. The molecule has 0 heterocycles. The van der Waals surface area contributed by atoms with Gasteiger partial charge in [0.25, 0.3) is 0 Å². The number of benzene rings is 1. The first-order valence-corrected chi connectivity index (χ1v) is 3.36. The number of nitrogens with zero attached hydrogens (tertiary/aromatic N) is 1. The Morgan fingerprint density at radius 3 is 2.82 bits per heavy atom. The fraction of sp³-hybridized carbons (Fsp3) is 0.222. The van der Waals surface area contributed by atoms with E-state index in [0.29, 0.717) is 5.56 Å². The average Bonchev–Trinajstić information content (AvgIpc) is 1.95. The monoisotopic (exact) mass is 149 g/mol. The zero-order valence-corrected chi connectivity index (χ0v) is 6.26. The fourth-order valence-corrected chi connectivity index (χ4v) is 0.881. The summed E-state index contributed by atoms with van der Waals surface area (Å²) in [5.41, 5.74) is 1.35. The van der Waals surface area contributed by atoms with Gasteiger partial charge in [-0.1, -0.05) is 12.1 Å². The van der Waals surface area contributed by atoms with Crippen molar-refractivity contribution in [2.75, 3.05) is 0 Å². The molecule has 0 aliphatic rings.